The predicted octanol–water partition coefficient (Wildman–Crippen LogP) is 3.67. The number of hydrogen-bond acceptors (Lipinski definition) is 3. The van der Waals surface area contributed by atoms with Crippen LogP contribution in [0.15, 0.2) is 115 Å². The van der Waals surface area contributed by atoms with Gasteiger partial charge in [-0.3, -0.25) is 0 Å². The van der Waals surface area contributed by atoms with Gasteiger partial charge in [0.25, 0.3) is 0 Å². The SMILES string of the molecule is CC(=O)Oc1ccccc1P(O)(c1ccccc1)(c1ccccc1)c1ccccc1. The number of ether oxygens (including phenoxy) is 1. The second-order valence-electron chi connectivity index (χ2n) is 7.14. The molecule has 0 amide bonds. The normalized spacial score (nSPS) is 12.5. The van der Waals surface area contributed by atoms with E-state index < -0.39 is 12.8 Å². The van der Waals surface area contributed by atoms with Crippen LogP contribution in [0.1, 0.15) is 6.92 Å². The van der Waals surface area contributed by atoms with Gasteiger partial charge in [-0.2, -0.15) is 0 Å². The van der Waals surface area contributed by atoms with Crippen molar-refractivity contribution in [3.8, 4) is 5.75 Å². The summed E-state index contributed by atoms with van der Waals surface area (Å²) in [7, 11) is 0. The second-order valence-corrected chi connectivity index (χ2v) is 11.3. The Morgan fingerprint density at radius 3 is 1.40 bits per heavy atom. The van der Waals surface area contributed by atoms with Gasteiger partial charge in [-0.15, -0.1) is 0 Å². The molecule has 0 aliphatic rings. The first-order chi connectivity index (χ1) is 14.6. The Bertz CT molecular complexity index is 1060. The third kappa shape index (κ3) is 3.04. The quantitative estimate of drug-likeness (QED) is 0.308. The molecule has 4 rings (SSSR count). The Morgan fingerprint density at radius 2 is 1.00 bits per heavy atom. The molecule has 4 aromatic carbocycles. The zero-order valence-corrected chi connectivity index (χ0v) is 17.6. The Balaban J connectivity index is 2.24. The number of rotatable bonds is 5. The van der Waals surface area contributed by atoms with Crippen molar-refractivity contribution in [2.75, 3.05) is 0 Å². The molecule has 3 nitrogen and oxygen atoms in total. The van der Waals surface area contributed by atoms with Gasteiger partial charge in [-0.05, 0) is 0 Å². The van der Waals surface area contributed by atoms with Crippen LogP contribution < -0.4 is 26.0 Å². The number of esters is 1. The first-order valence-corrected chi connectivity index (χ1v) is 12.0. The molecule has 1 N–H and O–H groups in total. The summed E-state index contributed by atoms with van der Waals surface area (Å²) in [6.07, 6.45) is 0. The number of carbonyl (C=O) groups is 1. The Labute approximate surface area is 176 Å². The third-order valence-corrected chi connectivity index (χ3v) is 10.6. The first-order valence-electron chi connectivity index (χ1n) is 9.77. The molecule has 30 heavy (non-hydrogen) atoms. The molecule has 4 aromatic rings. The Kier molecular flexibility index (Phi) is 5.26. The third-order valence-electron chi connectivity index (χ3n) is 5.36. The molecule has 0 aliphatic carbocycles. The second kappa shape index (κ2) is 7.87. The van der Waals surface area contributed by atoms with Gasteiger partial charge in [0.05, 0.1) is 0 Å². The summed E-state index contributed by atoms with van der Waals surface area (Å²) >= 11 is 0. The van der Waals surface area contributed by atoms with Crippen molar-refractivity contribution >= 4 is 34.0 Å². The van der Waals surface area contributed by atoms with Crippen molar-refractivity contribution in [1.29, 1.82) is 0 Å². The number of hydrogen-bond donors (Lipinski definition) is 1. The van der Waals surface area contributed by atoms with E-state index in [1.54, 1.807) is 6.07 Å². The summed E-state index contributed by atoms with van der Waals surface area (Å²) in [5, 5.41) is 2.93. The maximum atomic E-state index is 13.3. The van der Waals surface area contributed by atoms with E-state index in [4.69, 9.17) is 4.74 Å². The summed E-state index contributed by atoms with van der Waals surface area (Å²) in [5.74, 6) is -0.0663. The molecule has 0 bridgehead atoms. The van der Waals surface area contributed by atoms with E-state index in [0.717, 1.165) is 15.9 Å². The Morgan fingerprint density at radius 1 is 0.633 bits per heavy atom. The molecular weight excluding hydrogens is 391 g/mol. The van der Waals surface area contributed by atoms with Crippen LogP contribution in [-0.2, 0) is 4.79 Å². The molecule has 0 unspecified atom stereocenters. The standard InChI is InChI=1S/C26H23O3P/c1-21(27)29-25-19-11-12-20-26(25)30(28,22-13-5-2-6-14-22,23-15-7-3-8-16-23)24-17-9-4-10-18-24/h2-20,28H,1H3. The summed E-state index contributed by atoms with van der Waals surface area (Å²) in [4.78, 5) is 25.2. The van der Waals surface area contributed by atoms with E-state index in [1.165, 1.54) is 6.92 Å². The van der Waals surface area contributed by atoms with Crippen LogP contribution in [0.3, 0.4) is 0 Å². The zero-order valence-electron chi connectivity index (χ0n) is 16.7. The fourth-order valence-electron chi connectivity index (χ4n) is 4.08. The van der Waals surface area contributed by atoms with E-state index in [2.05, 4.69) is 0 Å². The monoisotopic (exact) mass is 414 g/mol. The molecule has 0 aromatic heterocycles. The van der Waals surface area contributed by atoms with Gasteiger partial charge >= 0.3 is 176 Å². The fourth-order valence-corrected chi connectivity index (χ4v) is 8.99. The van der Waals surface area contributed by atoms with Crippen LogP contribution in [0.25, 0.3) is 0 Å². The van der Waals surface area contributed by atoms with Crippen LogP contribution in [0.4, 0.5) is 0 Å². The van der Waals surface area contributed by atoms with Crippen LogP contribution >= 0.6 is 6.83 Å². The van der Waals surface area contributed by atoms with Gasteiger partial charge in [-0.25, -0.2) is 0 Å². The van der Waals surface area contributed by atoms with Crippen molar-refractivity contribution in [2.24, 2.45) is 0 Å². The predicted molar refractivity (Wildman–Crippen MR) is 125 cm³/mol. The zero-order chi connectivity index (χ0) is 21.1. The summed E-state index contributed by atoms with van der Waals surface area (Å²) < 4.78 is 5.61. The molecule has 0 fully saturated rings. The van der Waals surface area contributed by atoms with E-state index in [0.29, 0.717) is 11.1 Å². The van der Waals surface area contributed by atoms with Crippen LogP contribution in [-0.4, -0.2) is 10.9 Å². The topological polar surface area (TPSA) is 46.5 Å². The van der Waals surface area contributed by atoms with Gasteiger partial charge in [-0.1, -0.05) is 0 Å². The molecule has 0 aliphatic heterocycles. The fraction of sp³-hybridized carbons (Fsp3) is 0.0385. The van der Waals surface area contributed by atoms with Gasteiger partial charge in [0, 0.05) is 0 Å². The first kappa shape index (κ1) is 20.0. The van der Waals surface area contributed by atoms with Gasteiger partial charge < -0.3 is 0 Å². The van der Waals surface area contributed by atoms with Gasteiger partial charge in [0.2, 0.25) is 0 Å². The maximum absolute atomic E-state index is 13.3. The van der Waals surface area contributed by atoms with Crippen molar-refractivity contribution in [1.82, 2.24) is 0 Å². The van der Waals surface area contributed by atoms with Crippen molar-refractivity contribution in [3.63, 3.8) is 0 Å². The molecular formula is C26H23O3P. The van der Waals surface area contributed by atoms with Crippen molar-refractivity contribution in [2.45, 2.75) is 6.92 Å². The molecule has 0 atom stereocenters. The van der Waals surface area contributed by atoms with Gasteiger partial charge in [0.1, 0.15) is 0 Å². The van der Waals surface area contributed by atoms with E-state index >= 15 is 0 Å². The summed E-state index contributed by atoms with van der Waals surface area (Å²) in [6, 6.07) is 36.3. The molecule has 4 heteroatoms. The molecule has 0 radical (unpaired) electrons. The number of para-hydroxylation sites is 1. The average Bonchev–Trinajstić information content (AvgIpc) is 2.80. The van der Waals surface area contributed by atoms with Gasteiger partial charge in [0.15, 0.2) is 0 Å². The average molecular weight is 414 g/mol. The summed E-state index contributed by atoms with van der Waals surface area (Å²) in [6.45, 7) is -2.84. The number of carbonyl (C=O) groups excluding carboxylic acids is 1. The van der Waals surface area contributed by atoms with Crippen molar-refractivity contribution < 1.29 is 14.4 Å². The molecule has 0 saturated heterocycles. The van der Waals surface area contributed by atoms with Crippen LogP contribution in [0.2, 0.25) is 0 Å². The van der Waals surface area contributed by atoms with E-state index in [-0.39, 0.29) is 0 Å². The molecule has 150 valence electrons. The summed E-state index contributed by atoms with van der Waals surface area (Å²) in [5.41, 5.74) is 0. The van der Waals surface area contributed by atoms with E-state index in [9.17, 15) is 9.69 Å². The molecule has 0 spiro atoms. The van der Waals surface area contributed by atoms with E-state index in [1.807, 2.05) is 109 Å². The minimum atomic E-state index is -4.21. The minimum absolute atomic E-state index is 0.363. The van der Waals surface area contributed by atoms with Crippen LogP contribution in [0.5, 0.6) is 5.75 Å². The molecule has 0 heterocycles. The molecule has 0 saturated carbocycles. The number of benzene rings is 4. The van der Waals surface area contributed by atoms with Crippen LogP contribution in [0, 0.1) is 0 Å². The van der Waals surface area contributed by atoms with Crippen molar-refractivity contribution in [3.05, 3.63) is 115 Å². The Hall–Kier alpha value is -3.26.